The highest BCUT2D eigenvalue weighted by atomic mass is 19.4. The van der Waals surface area contributed by atoms with Crippen LogP contribution in [0.2, 0.25) is 0 Å². The second kappa shape index (κ2) is 11.0. The summed E-state index contributed by atoms with van der Waals surface area (Å²) in [6.45, 7) is 6.75. The molecule has 10 heteroatoms. The van der Waals surface area contributed by atoms with E-state index in [0.717, 1.165) is 0 Å². The number of alkyl halides is 3. The zero-order valence-electron chi connectivity index (χ0n) is 19.0. The Morgan fingerprint density at radius 1 is 1.03 bits per heavy atom. The lowest BCUT2D eigenvalue weighted by molar-refractivity contribution is -0.290. The molecule has 182 valence electrons. The van der Waals surface area contributed by atoms with Crippen LogP contribution >= 0.6 is 0 Å². The van der Waals surface area contributed by atoms with Crippen molar-refractivity contribution >= 4 is 12.1 Å². The third-order valence-electron chi connectivity index (χ3n) is 4.37. The van der Waals surface area contributed by atoms with Gasteiger partial charge < -0.3 is 24.6 Å². The number of benzene rings is 1. The Labute approximate surface area is 186 Å². The first-order chi connectivity index (χ1) is 14.6. The molecule has 1 amide bonds. The molecule has 0 aliphatic carbocycles. The number of carbonyl (C=O) groups is 2. The average molecular weight is 463 g/mol. The van der Waals surface area contributed by atoms with E-state index in [-0.39, 0.29) is 13.0 Å². The normalized spacial score (nSPS) is 14.5. The lowest BCUT2D eigenvalue weighted by Crippen LogP contribution is -2.57. The van der Waals surface area contributed by atoms with Crippen molar-refractivity contribution < 1.29 is 42.1 Å². The first kappa shape index (κ1) is 27.7. The molecule has 0 aliphatic heterocycles. The van der Waals surface area contributed by atoms with E-state index in [0.29, 0.717) is 12.0 Å². The summed E-state index contributed by atoms with van der Waals surface area (Å²) in [7, 11) is 0. The van der Waals surface area contributed by atoms with Gasteiger partial charge in [0.25, 0.3) is 5.60 Å². The maximum Gasteiger partial charge on any atom is 0.430 e. The molecule has 1 unspecified atom stereocenters. The highest BCUT2D eigenvalue weighted by Gasteiger charge is 2.63. The van der Waals surface area contributed by atoms with Crippen LogP contribution < -0.4 is 5.32 Å². The van der Waals surface area contributed by atoms with Gasteiger partial charge in [0.2, 0.25) is 0 Å². The van der Waals surface area contributed by atoms with Gasteiger partial charge in [-0.2, -0.15) is 13.2 Å². The summed E-state index contributed by atoms with van der Waals surface area (Å²) in [6.07, 6.45) is -5.16. The van der Waals surface area contributed by atoms with E-state index >= 15 is 0 Å². The number of carboxylic acid groups (broad SMARTS) is 1. The van der Waals surface area contributed by atoms with Crippen molar-refractivity contribution in [1.29, 1.82) is 0 Å². The number of carboxylic acids is 1. The molecule has 0 aliphatic rings. The van der Waals surface area contributed by atoms with Crippen molar-refractivity contribution in [3.05, 3.63) is 35.9 Å². The summed E-state index contributed by atoms with van der Waals surface area (Å²) >= 11 is 0. The van der Waals surface area contributed by atoms with Gasteiger partial charge in [-0.25, -0.2) is 9.59 Å². The topological polar surface area (TPSA) is 94.1 Å². The largest absolute Gasteiger partial charge is 0.479 e. The molecule has 2 N–H and O–H groups in total. The quantitative estimate of drug-likeness (QED) is 0.463. The van der Waals surface area contributed by atoms with Gasteiger partial charge >= 0.3 is 18.2 Å². The number of ether oxygens (including phenoxy) is 3. The van der Waals surface area contributed by atoms with E-state index in [1.54, 1.807) is 52.8 Å². The van der Waals surface area contributed by atoms with Gasteiger partial charge in [0.15, 0.2) is 0 Å². The molecule has 1 rings (SSSR count). The second-order valence-electron chi connectivity index (χ2n) is 9.07. The molecule has 0 saturated heterocycles. The van der Waals surface area contributed by atoms with Gasteiger partial charge in [0.1, 0.15) is 5.60 Å². The number of hydrogen-bond donors (Lipinski definition) is 2. The van der Waals surface area contributed by atoms with Crippen molar-refractivity contribution in [2.45, 2.75) is 77.0 Å². The lowest BCUT2D eigenvalue weighted by atomic mass is 9.99. The highest BCUT2D eigenvalue weighted by Crippen LogP contribution is 2.35. The van der Waals surface area contributed by atoms with E-state index in [2.05, 4.69) is 5.32 Å². The molecular formula is C22H32F3NO6. The van der Waals surface area contributed by atoms with Crippen LogP contribution in [0.25, 0.3) is 0 Å². The summed E-state index contributed by atoms with van der Waals surface area (Å²) in [5, 5.41) is 12.0. The van der Waals surface area contributed by atoms with Crippen LogP contribution in [0, 0.1) is 0 Å². The summed E-state index contributed by atoms with van der Waals surface area (Å²) < 4.78 is 56.1. The minimum atomic E-state index is -5.19. The molecule has 0 aromatic heterocycles. The highest BCUT2D eigenvalue weighted by molar-refractivity contribution is 5.79. The van der Waals surface area contributed by atoms with Crippen LogP contribution in [0.4, 0.5) is 18.0 Å². The molecule has 1 atom stereocenters. The monoisotopic (exact) mass is 463 g/mol. The van der Waals surface area contributed by atoms with Gasteiger partial charge in [0, 0.05) is 12.1 Å². The number of aliphatic carboxylic acids is 1. The Morgan fingerprint density at radius 3 is 2.12 bits per heavy atom. The number of rotatable bonds is 11. The molecule has 0 heterocycles. The minimum absolute atomic E-state index is 0.154. The number of carbonyl (C=O) groups excluding carboxylic acids is 1. The second-order valence-corrected chi connectivity index (χ2v) is 9.07. The molecule has 7 nitrogen and oxygen atoms in total. The van der Waals surface area contributed by atoms with Crippen LogP contribution in [-0.2, 0) is 25.6 Å². The molecule has 1 aromatic rings. The number of amides is 1. The first-order valence-electron chi connectivity index (χ1n) is 10.1. The standard InChI is InChI=1S/C22H32F3NO6/c1-19(2,3)32-18(29)26-20(4,5)12-9-13-30-15-21(17(27)28,22(23,24)25)31-14-16-10-7-6-8-11-16/h6-8,10-11H,9,12-15H2,1-5H3,(H,26,29)(H,27,28). The third kappa shape index (κ3) is 9.04. The predicted octanol–water partition coefficient (Wildman–Crippen LogP) is 4.69. The summed E-state index contributed by atoms with van der Waals surface area (Å²) in [5.74, 6) is -2.17. The number of halogens is 3. The van der Waals surface area contributed by atoms with Crippen LogP contribution in [-0.4, -0.2) is 53.3 Å². The molecule has 0 fully saturated rings. The summed E-state index contributed by atoms with van der Waals surface area (Å²) in [4.78, 5) is 23.5. The van der Waals surface area contributed by atoms with Crippen LogP contribution in [0.15, 0.2) is 30.3 Å². The SMILES string of the molecule is CC(C)(CCCOCC(OCc1ccccc1)(C(=O)O)C(F)(F)F)NC(=O)OC(C)(C)C. The molecule has 32 heavy (non-hydrogen) atoms. The van der Waals surface area contributed by atoms with Crippen LogP contribution in [0.5, 0.6) is 0 Å². The Balaban J connectivity index is 2.65. The van der Waals surface area contributed by atoms with E-state index in [1.807, 2.05) is 0 Å². The third-order valence-corrected chi connectivity index (χ3v) is 4.37. The zero-order valence-corrected chi connectivity index (χ0v) is 19.0. The first-order valence-corrected chi connectivity index (χ1v) is 10.1. The van der Waals surface area contributed by atoms with Crippen molar-refractivity contribution in [1.82, 2.24) is 5.32 Å². The molecule has 0 saturated carbocycles. The van der Waals surface area contributed by atoms with Gasteiger partial charge in [-0.15, -0.1) is 0 Å². The Hall–Kier alpha value is -2.33. The van der Waals surface area contributed by atoms with Crippen molar-refractivity contribution in [3.63, 3.8) is 0 Å². The maximum absolute atomic E-state index is 13.7. The van der Waals surface area contributed by atoms with E-state index < -0.39 is 48.2 Å². The van der Waals surface area contributed by atoms with E-state index in [9.17, 15) is 27.9 Å². The Morgan fingerprint density at radius 2 is 1.62 bits per heavy atom. The maximum atomic E-state index is 13.7. The fraction of sp³-hybridized carbons (Fsp3) is 0.636. The Kier molecular flexibility index (Phi) is 9.52. The molecule has 0 bridgehead atoms. The van der Waals surface area contributed by atoms with Crippen molar-refractivity contribution in [2.24, 2.45) is 0 Å². The van der Waals surface area contributed by atoms with E-state index in [1.165, 1.54) is 12.1 Å². The minimum Gasteiger partial charge on any atom is -0.479 e. The zero-order chi connectivity index (χ0) is 24.6. The number of hydrogen-bond acceptors (Lipinski definition) is 5. The van der Waals surface area contributed by atoms with Gasteiger partial charge in [0.05, 0.1) is 13.2 Å². The predicted molar refractivity (Wildman–Crippen MR) is 111 cm³/mol. The van der Waals surface area contributed by atoms with Crippen LogP contribution in [0.3, 0.4) is 0 Å². The van der Waals surface area contributed by atoms with Crippen molar-refractivity contribution in [2.75, 3.05) is 13.2 Å². The smallest absolute Gasteiger partial charge is 0.430 e. The summed E-state index contributed by atoms with van der Waals surface area (Å²) in [6, 6.07) is 7.96. The van der Waals surface area contributed by atoms with Crippen LogP contribution in [0.1, 0.15) is 53.0 Å². The fourth-order valence-corrected chi connectivity index (χ4v) is 2.71. The van der Waals surface area contributed by atoms with Gasteiger partial charge in [-0.1, -0.05) is 30.3 Å². The summed E-state index contributed by atoms with van der Waals surface area (Å²) in [5.41, 5.74) is -4.46. The number of nitrogens with one attached hydrogen (secondary N) is 1. The number of alkyl carbamates (subject to hydrolysis) is 1. The fourth-order valence-electron chi connectivity index (χ4n) is 2.71. The van der Waals surface area contributed by atoms with Crippen molar-refractivity contribution in [3.8, 4) is 0 Å². The molecular weight excluding hydrogens is 431 g/mol. The van der Waals surface area contributed by atoms with Gasteiger partial charge in [-0.3, -0.25) is 0 Å². The van der Waals surface area contributed by atoms with Gasteiger partial charge in [-0.05, 0) is 53.0 Å². The Bertz CT molecular complexity index is 746. The van der Waals surface area contributed by atoms with E-state index in [4.69, 9.17) is 14.2 Å². The molecule has 0 radical (unpaired) electrons. The molecule has 1 aromatic carbocycles. The lowest BCUT2D eigenvalue weighted by Gasteiger charge is -2.32. The average Bonchev–Trinajstić information content (AvgIpc) is 2.61. The molecule has 0 spiro atoms.